The summed E-state index contributed by atoms with van der Waals surface area (Å²) in [4.78, 5) is 44.9. The Morgan fingerprint density at radius 1 is 1.02 bits per heavy atom. The minimum absolute atomic E-state index is 0.0425. The summed E-state index contributed by atoms with van der Waals surface area (Å²) in [5, 5.41) is 30.3. The lowest BCUT2D eigenvalue weighted by Gasteiger charge is -2.33. The quantitative estimate of drug-likeness (QED) is 0.0925. The first-order valence-corrected chi connectivity index (χ1v) is 19.0. The molecule has 288 valence electrons. The molecule has 4 aromatic rings. The molecule has 0 aliphatic heterocycles. The molecule has 14 heteroatoms. The third kappa shape index (κ3) is 11.0. The minimum atomic E-state index is -1.84. The number of thiazole rings is 1. The molecule has 54 heavy (non-hydrogen) atoms. The number of hydrogen-bond acceptors (Lipinski definition) is 10. The first-order chi connectivity index (χ1) is 25.7. The number of hydrazine groups is 1. The summed E-state index contributed by atoms with van der Waals surface area (Å²) < 4.78 is 11.1. The number of carbonyl (C=O) groups excluding carboxylic acids is 3. The van der Waals surface area contributed by atoms with E-state index >= 15 is 0 Å². The van der Waals surface area contributed by atoms with Crippen LogP contribution < -0.4 is 20.8 Å². The number of aromatic nitrogens is 1. The molecule has 1 heterocycles. The number of ether oxygens (including phenoxy) is 2. The van der Waals surface area contributed by atoms with Gasteiger partial charge in [-0.15, -0.1) is 11.3 Å². The van der Waals surface area contributed by atoms with E-state index in [4.69, 9.17) is 21.1 Å². The van der Waals surface area contributed by atoms with Gasteiger partial charge in [0.1, 0.15) is 24.0 Å². The summed E-state index contributed by atoms with van der Waals surface area (Å²) >= 11 is 7.28. The van der Waals surface area contributed by atoms with Crippen LogP contribution in [-0.4, -0.2) is 69.5 Å². The molecule has 0 fully saturated rings. The molecule has 1 aliphatic rings. The molecule has 12 nitrogen and oxygen atoms in total. The highest BCUT2D eigenvalue weighted by Crippen LogP contribution is 2.33. The summed E-state index contributed by atoms with van der Waals surface area (Å²) in [6.07, 6.45) is 0.896. The molecule has 3 amide bonds. The van der Waals surface area contributed by atoms with Gasteiger partial charge in [-0.3, -0.25) is 15.0 Å². The first kappa shape index (κ1) is 40.7. The highest BCUT2D eigenvalue weighted by atomic mass is 35.5. The Hall–Kier alpha value is -4.53. The summed E-state index contributed by atoms with van der Waals surface area (Å²) in [6, 6.07) is 22.6. The number of halogens is 1. The van der Waals surface area contributed by atoms with E-state index in [1.165, 1.54) is 18.4 Å². The number of nitrogens with zero attached hydrogens (tertiary/aromatic N) is 2. The van der Waals surface area contributed by atoms with E-state index in [1.54, 1.807) is 11.2 Å². The van der Waals surface area contributed by atoms with Gasteiger partial charge in [0, 0.05) is 32.1 Å². The topological polar surface area (TPSA) is 162 Å². The Morgan fingerprint density at radius 2 is 1.72 bits per heavy atom. The zero-order valence-electron chi connectivity index (χ0n) is 30.9. The molecule has 0 unspecified atom stereocenters. The number of nitrogens with one attached hydrogen (secondary N) is 3. The van der Waals surface area contributed by atoms with Crippen LogP contribution in [0.5, 0.6) is 5.75 Å². The molecule has 0 spiro atoms. The van der Waals surface area contributed by atoms with E-state index in [0.29, 0.717) is 29.7 Å². The number of alkyl carbamates (subject to hydrolysis) is 1. The summed E-state index contributed by atoms with van der Waals surface area (Å²) in [5.74, 6) is -0.405. The largest absolute Gasteiger partial charge is 0.488 e. The maximum Gasteiger partial charge on any atom is 0.407 e. The van der Waals surface area contributed by atoms with E-state index in [0.717, 1.165) is 27.1 Å². The number of aliphatic hydroxyl groups is 2. The second-order valence-electron chi connectivity index (χ2n) is 14.6. The molecule has 1 aliphatic carbocycles. The Bertz CT molecular complexity index is 1870. The Kier molecular flexibility index (Phi) is 13.7. The lowest BCUT2D eigenvalue weighted by molar-refractivity contribution is -0.142. The molecule has 5 rings (SSSR count). The van der Waals surface area contributed by atoms with Gasteiger partial charge in [-0.05, 0) is 52.6 Å². The van der Waals surface area contributed by atoms with E-state index in [-0.39, 0.29) is 25.9 Å². The maximum atomic E-state index is 14.0. The Labute approximate surface area is 324 Å². The number of amides is 3. The van der Waals surface area contributed by atoms with Gasteiger partial charge in [0.05, 0.1) is 24.1 Å². The van der Waals surface area contributed by atoms with Crippen molar-refractivity contribution in [3.8, 4) is 5.75 Å². The summed E-state index contributed by atoms with van der Waals surface area (Å²) in [7, 11) is 1.23. The SMILES string of the molecule is COC(=O)N[C@H](C(=O)NN(CCC[C@@](O)(Cc1ccccc1)C(=O)N[C@H]1c2ccccc2C[C@H]1O)Cc1ccc(OCc2cnc(Cl)s2)cc1)C(C)(C)C. The molecule has 0 bridgehead atoms. The van der Waals surface area contributed by atoms with Crippen LogP contribution in [0.1, 0.15) is 66.8 Å². The second-order valence-corrected chi connectivity index (χ2v) is 16.3. The molecular weight excluding hydrogens is 730 g/mol. The Balaban J connectivity index is 1.33. The van der Waals surface area contributed by atoms with Gasteiger partial charge in [-0.2, -0.15) is 0 Å². The van der Waals surface area contributed by atoms with Gasteiger partial charge >= 0.3 is 6.09 Å². The number of rotatable bonds is 16. The van der Waals surface area contributed by atoms with Crippen molar-refractivity contribution in [2.24, 2.45) is 5.41 Å². The number of fused-ring (bicyclic) bond motifs is 1. The predicted octanol–water partition coefficient (Wildman–Crippen LogP) is 5.51. The van der Waals surface area contributed by atoms with Crippen molar-refractivity contribution >= 4 is 40.8 Å². The number of aliphatic hydroxyl groups excluding tert-OH is 1. The van der Waals surface area contributed by atoms with Crippen LogP contribution in [0.4, 0.5) is 4.79 Å². The van der Waals surface area contributed by atoms with E-state index in [9.17, 15) is 24.6 Å². The molecule has 4 atom stereocenters. The van der Waals surface area contributed by atoms with Crippen LogP contribution in [0, 0.1) is 5.41 Å². The molecule has 0 radical (unpaired) electrons. The van der Waals surface area contributed by atoms with Crippen molar-refractivity contribution in [2.75, 3.05) is 13.7 Å². The van der Waals surface area contributed by atoms with Crippen LogP contribution >= 0.6 is 22.9 Å². The molecule has 1 aromatic heterocycles. The lowest BCUT2D eigenvalue weighted by Crippen LogP contribution is -2.57. The third-order valence-corrected chi connectivity index (χ3v) is 10.4. The molecule has 0 saturated heterocycles. The highest BCUT2D eigenvalue weighted by Gasteiger charge is 2.41. The van der Waals surface area contributed by atoms with Crippen LogP contribution in [0.25, 0.3) is 0 Å². The first-order valence-electron chi connectivity index (χ1n) is 17.8. The maximum absolute atomic E-state index is 14.0. The van der Waals surface area contributed by atoms with Crippen molar-refractivity contribution in [3.05, 3.63) is 117 Å². The zero-order valence-corrected chi connectivity index (χ0v) is 32.5. The molecule has 3 aromatic carbocycles. The zero-order chi connectivity index (χ0) is 38.9. The number of methoxy groups -OCH3 is 1. The van der Waals surface area contributed by atoms with E-state index in [2.05, 4.69) is 21.0 Å². The fraction of sp³-hybridized carbons (Fsp3) is 0.400. The smallest absolute Gasteiger partial charge is 0.407 e. The predicted molar refractivity (Wildman–Crippen MR) is 207 cm³/mol. The normalized spacial score (nSPS) is 16.9. The van der Waals surface area contributed by atoms with Crippen LogP contribution in [-0.2, 0) is 40.3 Å². The van der Waals surface area contributed by atoms with Gasteiger partial charge in [-0.25, -0.2) is 14.8 Å². The number of benzene rings is 3. The van der Waals surface area contributed by atoms with E-state index < -0.39 is 47.1 Å². The van der Waals surface area contributed by atoms with Crippen LogP contribution in [0.2, 0.25) is 4.47 Å². The monoisotopic (exact) mass is 777 g/mol. The van der Waals surface area contributed by atoms with Crippen LogP contribution in [0.15, 0.2) is 85.1 Å². The number of carbonyl (C=O) groups is 3. The third-order valence-electron chi connectivity index (χ3n) is 9.32. The van der Waals surface area contributed by atoms with Crippen molar-refractivity contribution in [2.45, 2.75) is 83.4 Å². The molecule has 5 N–H and O–H groups in total. The average molecular weight is 778 g/mol. The van der Waals surface area contributed by atoms with Gasteiger partial charge in [-0.1, -0.05) is 99.1 Å². The van der Waals surface area contributed by atoms with Gasteiger partial charge < -0.3 is 30.3 Å². The summed E-state index contributed by atoms with van der Waals surface area (Å²) in [5.41, 5.74) is 3.87. The highest BCUT2D eigenvalue weighted by molar-refractivity contribution is 7.15. The van der Waals surface area contributed by atoms with Gasteiger partial charge in [0.15, 0.2) is 4.47 Å². The Morgan fingerprint density at radius 3 is 2.39 bits per heavy atom. The average Bonchev–Trinajstić information content (AvgIpc) is 3.70. The second kappa shape index (κ2) is 18.2. The van der Waals surface area contributed by atoms with Crippen molar-refractivity contribution in [1.29, 1.82) is 0 Å². The lowest BCUT2D eigenvalue weighted by atomic mass is 9.86. The molecule has 0 saturated carbocycles. The fourth-order valence-electron chi connectivity index (χ4n) is 6.46. The molecular formula is C40H48ClN5O7S. The van der Waals surface area contributed by atoms with Crippen molar-refractivity contribution in [1.82, 2.24) is 26.1 Å². The van der Waals surface area contributed by atoms with E-state index in [1.807, 2.05) is 99.6 Å². The van der Waals surface area contributed by atoms with Crippen molar-refractivity contribution in [3.63, 3.8) is 0 Å². The van der Waals surface area contributed by atoms with Crippen molar-refractivity contribution < 1.29 is 34.1 Å². The fourth-order valence-corrected chi connectivity index (χ4v) is 7.36. The van der Waals surface area contributed by atoms with Gasteiger partial charge in [0.25, 0.3) is 11.8 Å². The van der Waals surface area contributed by atoms with Gasteiger partial charge in [0.2, 0.25) is 0 Å². The number of hydrogen-bond donors (Lipinski definition) is 5. The minimum Gasteiger partial charge on any atom is -0.488 e. The van der Waals surface area contributed by atoms with Crippen LogP contribution in [0.3, 0.4) is 0 Å². The standard InChI is InChI=1S/C40H48ClN5O7S/c1-39(2,3)34(44-38(50)52-4)35(48)45-46(24-27-15-17-29(18-16-27)53-25-30-23-42-37(41)54-30)20-10-19-40(51,22-26-11-6-5-7-12-26)36(49)43-33-31-14-9-8-13-28(31)21-32(33)47/h5-9,11-18,23,32-34,47,51H,10,19-22,24-25H2,1-4H3,(H,43,49)(H,44,50)(H,45,48)/t32-,33+,34-,40-/m1/s1. The summed E-state index contributed by atoms with van der Waals surface area (Å²) in [6.45, 7) is 6.32.